The maximum Gasteiger partial charge on any atom is 0.317 e. The van der Waals surface area contributed by atoms with Gasteiger partial charge in [0.15, 0.2) is 5.76 Å². The van der Waals surface area contributed by atoms with Gasteiger partial charge in [-0.15, -0.1) is 0 Å². The van der Waals surface area contributed by atoms with E-state index in [4.69, 9.17) is 0 Å². The van der Waals surface area contributed by atoms with Crippen LogP contribution in [-0.4, -0.2) is 67.0 Å². The third-order valence-electron chi connectivity index (χ3n) is 12.3. The lowest BCUT2D eigenvalue weighted by atomic mass is 9.40. The summed E-state index contributed by atoms with van der Waals surface area (Å²) in [6.45, 7) is 17.9. The number of aliphatic hydroxyl groups is 1. The second kappa shape index (κ2) is 10.4. The molecule has 0 aromatic rings. The highest BCUT2D eigenvalue weighted by Gasteiger charge is 2.61. The van der Waals surface area contributed by atoms with Crippen molar-refractivity contribution in [3.05, 3.63) is 46.3 Å². The van der Waals surface area contributed by atoms with E-state index in [1.54, 1.807) is 18.7 Å². The van der Waals surface area contributed by atoms with E-state index < -0.39 is 0 Å². The molecule has 5 unspecified atom stereocenters. The van der Waals surface area contributed by atoms with Crippen LogP contribution in [0, 0.1) is 33.5 Å². The van der Waals surface area contributed by atoms with Crippen molar-refractivity contribution in [2.24, 2.45) is 33.5 Å². The quantitative estimate of drug-likeness (QED) is 0.339. The molecule has 0 radical (unpaired) electrons. The van der Waals surface area contributed by atoms with Crippen LogP contribution < -0.4 is 5.32 Å². The number of rotatable bonds is 0. The summed E-state index contributed by atoms with van der Waals surface area (Å²) in [5, 5.41) is 12.9. The van der Waals surface area contributed by atoms with E-state index in [1.807, 2.05) is 11.8 Å². The molecule has 2 N–H and O–H groups in total. The Bertz CT molecular complexity index is 1230. The number of likely N-dealkylation sites (N-methyl/N-ethyl adjacent to an activating group) is 1. The first kappa shape index (κ1) is 30.1. The van der Waals surface area contributed by atoms with E-state index in [-0.39, 0.29) is 28.4 Å². The molecular formula is C35H53N3O3. The van der Waals surface area contributed by atoms with Crippen molar-refractivity contribution < 1.29 is 14.7 Å². The zero-order valence-electron chi connectivity index (χ0n) is 26.8. The van der Waals surface area contributed by atoms with E-state index in [0.717, 1.165) is 61.2 Å². The van der Waals surface area contributed by atoms with Crippen LogP contribution >= 0.6 is 0 Å². The molecular weight excluding hydrogens is 510 g/mol. The number of piperazine rings is 1. The number of carbonyl (C=O) groups excluding carboxylic acids is 2. The van der Waals surface area contributed by atoms with E-state index in [9.17, 15) is 14.7 Å². The normalized spacial score (nSPS) is 38.1. The number of ketones is 1. The molecule has 0 aromatic heterocycles. The molecule has 0 bridgehead atoms. The fourth-order valence-electron chi connectivity index (χ4n) is 9.38. The molecule has 2 amide bonds. The third-order valence-corrected chi connectivity index (χ3v) is 12.3. The number of carbonyl (C=O) groups is 2. The molecule has 41 heavy (non-hydrogen) atoms. The van der Waals surface area contributed by atoms with Crippen LogP contribution in [0.4, 0.5) is 4.79 Å². The molecule has 3 saturated carbocycles. The van der Waals surface area contributed by atoms with Gasteiger partial charge in [-0.25, -0.2) is 4.79 Å². The molecule has 1 aliphatic heterocycles. The Morgan fingerprint density at radius 2 is 1.61 bits per heavy atom. The summed E-state index contributed by atoms with van der Waals surface area (Å²) >= 11 is 0. The van der Waals surface area contributed by atoms with Crippen LogP contribution in [0.3, 0.4) is 0 Å². The number of fused-ring (bicyclic) bond motifs is 7. The van der Waals surface area contributed by atoms with Crippen molar-refractivity contribution in [3.63, 3.8) is 0 Å². The van der Waals surface area contributed by atoms with Crippen LogP contribution in [0.2, 0.25) is 0 Å². The van der Waals surface area contributed by atoms with Crippen molar-refractivity contribution in [1.82, 2.24) is 15.1 Å². The Labute approximate surface area is 248 Å². The summed E-state index contributed by atoms with van der Waals surface area (Å²) in [6, 6.07) is 0.0399. The van der Waals surface area contributed by atoms with Gasteiger partial charge >= 0.3 is 6.03 Å². The fraction of sp³-hybridized carbons (Fsp3) is 0.714. The van der Waals surface area contributed by atoms with Gasteiger partial charge in [-0.3, -0.25) is 4.79 Å². The highest BCUT2D eigenvalue weighted by atomic mass is 16.3. The second-order valence-electron chi connectivity index (χ2n) is 15.4. The van der Waals surface area contributed by atoms with Crippen molar-refractivity contribution in [2.45, 2.75) is 86.5 Å². The molecule has 226 valence electrons. The highest BCUT2D eigenvalue weighted by Crippen LogP contribution is 2.70. The average Bonchev–Trinajstić information content (AvgIpc) is 2.93. The number of amides is 2. The first-order valence-corrected chi connectivity index (χ1v) is 15.9. The number of aliphatic hydroxyl groups excluding tert-OH is 1. The predicted molar refractivity (Wildman–Crippen MR) is 166 cm³/mol. The number of urea groups is 1. The van der Waals surface area contributed by atoms with Gasteiger partial charge in [0.05, 0.1) is 0 Å². The summed E-state index contributed by atoms with van der Waals surface area (Å²) in [5.74, 6) is 1.22. The number of nitrogens with one attached hydrogen (secondary N) is 1. The number of allylic oxidation sites excluding steroid dienone is 7. The van der Waals surface area contributed by atoms with Gasteiger partial charge in [-0.1, -0.05) is 52.3 Å². The van der Waals surface area contributed by atoms with Crippen molar-refractivity contribution >= 4 is 11.8 Å². The van der Waals surface area contributed by atoms with Gasteiger partial charge < -0.3 is 20.2 Å². The predicted octanol–water partition coefficient (Wildman–Crippen LogP) is 6.82. The summed E-state index contributed by atoms with van der Waals surface area (Å²) in [5.41, 5.74) is 5.57. The Morgan fingerprint density at radius 3 is 2.27 bits per heavy atom. The van der Waals surface area contributed by atoms with Gasteiger partial charge in [0, 0.05) is 44.2 Å². The molecule has 5 atom stereocenters. The summed E-state index contributed by atoms with van der Waals surface area (Å²) in [6.07, 6.45) is 15.3. The van der Waals surface area contributed by atoms with E-state index in [2.05, 4.69) is 64.0 Å². The highest BCUT2D eigenvalue weighted by molar-refractivity contribution is 6.06. The van der Waals surface area contributed by atoms with Gasteiger partial charge in [-0.05, 0) is 104 Å². The minimum atomic E-state index is -0.223. The van der Waals surface area contributed by atoms with Gasteiger partial charge in [0.25, 0.3) is 0 Å². The van der Waals surface area contributed by atoms with Crippen LogP contribution in [0.25, 0.3) is 0 Å². The minimum Gasteiger partial charge on any atom is -0.504 e. The molecule has 1 heterocycles. The molecule has 6 rings (SSSR count). The lowest BCUT2D eigenvalue weighted by molar-refractivity contribution is -0.114. The standard InChI is InChI=1S/C28H38O2.C7H15N3O/c1-17-18-7-8-23-27(5,20(18)15-22(29)24(17)30)10-9-19-21-16-25(2,3)11-12-26(21,4)13-14-28(19,23)6;1-8-7(11)10-5-3-9(2)4-6-10/h7-8,15,19,21,30H,9-14,16H2,1-6H3;3-6H2,1-2H3,(H,8,11). The van der Waals surface area contributed by atoms with Crippen LogP contribution in [0.1, 0.15) is 86.5 Å². The zero-order valence-corrected chi connectivity index (χ0v) is 26.8. The average molecular weight is 564 g/mol. The molecule has 6 heteroatoms. The SMILES string of the molecule is CC1=C(O)C(=O)C=C2C1=CC=C1C2(C)CCC2C3CC(C)(C)CCC3(C)CCC12C.CNC(=O)N1CCN(C)CC1. The first-order chi connectivity index (χ1) is 19.1. The van der Waals surface area contributed by atoms with E-state index in [1.165, 1.54) is 38.5 Å². The molecule has 0 spiro atoms. The molecule has 6 aliphatic rings. The molecule has 1 saturated heterocycles. The fourth-order valence-corrected chi connectivity index (χ4v) is 9.38. The lowest BCUT2D eigenvalue weighted by Gasteiger charge is -2.65. The van der Waals surface area contributed by atoms with Gasteiger partial charge in [0.2, 0.25) is 5.78 Å². The third kappa shape index (κ3) is 5.02. The maximum absolute atomic E-state index is 12.5. The number of nitrogens with zero attached hydrogens (tertiary/aromatic N) is 2. The van der Waals surface area contributed by atoms with Gasteiger partial charge in [-0.2, -0.15) is 0 Å². The number of hydrogen-bond acceptors (Lipinski definition) is 4. The van der Waals surface area contributed by atoms with Crippen LogP contribution in [0.5, 0.6) is 0 Å². The van der Waals surface area contributed by atoms with Crippen molar-refractivity contribution in [2.75, 3.05) is 40.3 Å². The van der Waals surface area contributed by atoms with E-state index in [0.29, 0.717) is 10.8 Å². The summed E-state index contributed by atoms with van der Waals surface area (Å²) in [4.78, 5) is 27.6. The summed E-state index contributed by atoms with van der Waals surface area (Å²) in [7, 11) is 3.74. The van der Waals surface area contributed by atoms with Crippen molar-refractivity contribution in [1.29, 1.82) is 0 Å². The largest absolute Gasteiger partial charge is 0.504 e. The molecule has 0 aromatic carbocycles. The molecule has 4 fully saturated rings. The van der Waals surface area contributed by atoms with Crippen molar-refractivity contribution in [3.8, 4) is 0 Å². The van der Waals surface area contributed by atoms with Crippen LogP contribution in [-0.2, 0) is 4.79 Å². The Morgan fingerprint density at radius 1 is 0.951 bits per heavy atom. The smallest absolute Gasteiger partial charge is 0.317 e. The maximum atomic E-state index is 12.5. The Balaban J connectivity index is 0.000000259. The van der Waals surface area contributed by atoms with E-state index >= 15 is 0 Å². The monoisotopic (exact) mass is 563 g/mol. The number of hydrogen-bond donors (Lipinski definition) is 2. The second-order valence-corrected chi connectivity index (χ2v) is 15.4. The molecule has 5 aliphatic carbocycles. The first-order valence-electron chi connectivity index (χ1n) is 15.9. The lowest BCUT2D eigenvalue weighted by Crippen LogP contribution is -2.55. The minimum absolute atomic E-state index is 0.0399. The molecule has 6 nitrogen and oxygen atoms in total. The van der Waals surface area contributed by atoms with Crippen LogP contribution in [0.15, 0.2) is 46.3 Å². The van der Waals surface area contributed by atoms with Gasteiger partial charge in [0.1, 0.15) is 0 Å². The Hall–Kier alpha value is -2.34. The topological polar surface area (TPSA) is 72.9 Å². The summed E-state index contributed by atoms with van der Waals surface area (Å²) < 4.78 is 0. The zero-order chi connectivity index (χ0) is 30.0. The Kier molecular flexibility index (Phi) is 7.66.